The van der Waals surface area contributed by atoms with Gasteiger partial charge in [-0.1, -0.05) is 58.3 Å². The van der Waals surface area contributed by atoms with Crippen LogP contribution >= 0.6 is 21.6 Å². The minimum atomic E-state index is -0.105. The third-order valence-electron chi connectivity index (χ3n) is 4.38. The summed E-state index contributed by atoms with van der Waals surface area (Å²) in [7, 11) is 3.99. The number of carbonyl (C=O) groups excluding carboxylic acids is 1. The second-order valence-corrected chi connectivity index (χ2v) is 9.20. The number of carbonyl (C=O) groups is 1. The summed E-state index contributed by atoms with van der Waals surface area (Å²) in [6.07, 6.45) is 7.08. The van der Waals surface area contributed by atoms with E-state index in [-0.39, 0.29) is 11.9 Å². The molecule has 1 aromatic carbocycles. The molecule has 1 aliphatic heterocycles. The molecule has 25 heavy (non-hydrogen) atoms. The lowest BCUT2D eigenvalue weighted by atomic mass is 10.1. The molecule has 1 aromatic heterocycles. The molecule has 0 aliphatic carbocycles. The molecule has 1 fully saturated rings. The fourth-order valence-corrected chi connectivity index (χ4v) is 5.95. The van der Waals surface area contributed by atoms with Gasteiger partial charge in [-0.3, -0.25) is 4.79 Å². The van der Waals surface area contributed by atoms with Crippen molar-refractivity contribution in [2.45, 2.75) is 50.3 Å². The smallest absolute Gasteiger partial charge is 0.220 e. The van der Waals surface area contributed by atoms with Crippen molar-refractivity contribution in [3.8, 4) is 11.3 Å². The molecule has 6 heteroatoms. The van der Waals surface area contributed by atoms with E-state index in [1.54, 1.807) is 0 Å². The van der Waals surface area contributed by atoms with Crippen LogP contribution in [0.1, 0.15) is 50.9 Å². The van der Waals surface area contributed by atoms with Gasteiger partial charge in [-0.25, -0.2) is 4.98 Å². The van der Waals surface area contributed by atoms with Crippen molar-refractivity contribution in [1.29, 1.82) is 0 Å². The van der Waals surface area contributed by atoms with Gasteiger partial charge in [0.1, 0.15) is 5.82 Å². The molecule has 2 aromatic rings. The molecule has 134 valence electrons. The summed E-state index contributed by atoms with van der Waals surface area (Å²) < 4.78 is 0. The number of rotatable bonds is 8. The summed E-state index contributed by atoms with van der Waals surface area (Å²) in [5, 5.41) is 3.85. The van der Waals surface area contributed by atoms with Gasteiger partial charge in [0, 0.05) is 17.4 Å². The zero-order valence-electron chi connectivity index (χ0n) is 14.5. The topological polar surface area (TPSA) is 57.8 Å². The lowest BCUT2D eigenvalue weighted by Crippen LogP contribution is -2.27. The minimum absolute atomic E-state index is 0.105. The van der Waals surface area contributed by atoms with E-state index < -0.39 is 0 Å². The van der Waals surface area contributed by atoms with Crippen LogP contribution in [0.15, 0.2) is 36.5 Å². The van der Waals surface area contributed by atoms with Crippen LogP contribution in [0, 0.1) is 0 Å². The zero-order valence-corrected chi connectivity index (χ0v) is 16.2. The fraction of sp³-hybridized carbons (Fsp3) is 0.474. The molecule has 0 saturated carbocycles. The first-order valence-corrected chi connectivity index (χ1v) is 11.3. The molecule has 1 aliphatic rings. The molecular formula is C19H25N3OS2. The largest absolute Gasteiger partial charge is 0.346 e. The third-order valence-corrected chi connectivity index (χ3v) is 7.38. The van der Waals surface area contributed by atoms with Gasteiger partial charge >= 0.3 is 0 Å². The SMILES string of the molecule is CC(NC(=O)CCCCC1CCSS1)c1ncc(-c2ccccc2)[nH]1. The quantitative estimate of drug-likeness (QED) is 0.505. The molecule has 1 saturated heterocycles. The normalized spacial score (nSPS) is 18.2. The summed E-state index contributed by atoms with van der Waals surface area (Å²) in [4.78, 5) is 19.9. The molecule has 0 radical (unpaired) electrons. The van der Waals surface area contributed by atoms with Gasteiger partial charge < -0.3 is 10.3 Å². The maximum Gasteiger partial charge on any atom is 0.220 e. The minimum Gasteiger partial charge on any atom is -0.346 e. The molecule has 2 heterocycles. The van der Waals surface area contributed by atoms with Crippen molar-refractivity contribution in [1.82, 2.24) is 15.3 Å². The average molecular weight is 376 g/mol. The van der Waals surface area contributed by atoms with Crippen LogP contribution in [-0.4, -0.2) is 26.9 Å². The van der Waals surface area contributed by atoms with Gasteiger partial charge in [0.05, 0.1) is 17.9 Å². The van der Waals surface area contributed by atoms with Crippen molar-refractivity contribution in [3.63, 3.8) is 0 Å². The van der Waals surface area contributed by atoms with Gasteiger partial charge in [-0.05, 0) is 31.7 Å². The number of imidazole rings is 1. The van der Waals surface area contributed by atoms with Gasteiger partial charge in [0.25, 0.3) is 0 Å². The van der Waals surface area contributed by atoms with E-state index in [9.17, 15) is 4.79 Å². The zero-order chi connectivity index (χ0) is 17.5. The second kappa shape index (κ2) is 9.34. The molecule has 4 nitrogen and oxygen atoms in total. The predicted molar refractivity (Wildman–Crippen MR) is 108 cm³/mol. The van der Waals surface area contributed by atoms with Gasteiger partial charge in [-0.15, -0.1) is 0 Å². The second-order valence-electron chi connectivity index (χ2n) is 6.41. The Balaban J connectivity index is 1.41. The van der Waals surface area contributed by atoms with E-state index in [4.69, 9.17) is 0 Å². The van der Waals surface area contributed by atoms with Crippen molar-refractivity contribution in [2.75, 3.05) is 5.75 Å². The fourth-order valence-electron chi connectivity index (χ4n) is 2.93. The van der Waals surface area contributed by atoms with E-state index >= 15 is 0 Å². The number of aromatic nitrogens is 2. The molecule has 0 bridgehead atoms. The number of hydrogen-bond donors (Lipinski definition) is 2. The van der Waals surface area contributed by atoms with E-state index in [0.717, 1.165) is 35.2 Å². The highest BCUT2D eigenvalue weighted by atomic mass is 33.1. The molecule has 3 rings (SSSR count). The van der Waals surface area contributed by atoms with Crippen LogP contribution in [0.3, 0.4) is 0 Å². The number of H-pyrrole nitrogens is 1. The Morgan fingerprint density at radius 3 is 2.96 bits per heavy atom. The molecule has 2 N–H and O–H groups in total. The standard InChI is InChI=1S/C19H25N3OS2/c1-14(19-20-13-17(22-19)15-7-3-2-4-8-15)21-18(23)10-6-5-9-16-11-12-24-25-16/h2-4,7-8,13-14,16H,5-6,9-12H2,1H3,(H,20,22)(H,21,23). The Hall–Kier alpha value is -1.40. The van der Waals surface area contributed by atoms with Crippen LogP contribution in [0.2, 0.25) is 0 Å². The van der Waals surface area contributed by atoms with Crippen molar-refractivity contribution >= 4 is 27.5 Å². The van der Waals surface area contributed by atoms with Crippen LogP contribution in [0.4, 0.5) is 0 Å². The highest BCUT2D eigenvalue weighted by Gasteiger charge is 2.16. The van der Waals surface area contributed by atoms with Crippen molar-refractivity contribution < 1.29 is 4.79 Å². The van der Waals surface area contributed by atoms with Crippen LogP contribution in [-0.2, 0) is 4.79 Å². The van der Waals surface area contributed by atoms with Crippen LogP contribution in [0.25, 0.3) is 11.3 Å². The Labute approximate surface area is 157 Å². The van der Waals surface area contributed by atoms with E-state index in [2.05, 4.69) is 15.3 Å². The lowest BCUT2D eigenvalue weighted by molar-refractivity contribution is -0.121. The molecule has 2 atom stereocenters. The van der Waals surface area contributed by atoms with E-state index in [0.29, 0.717) is 6.42 Å². The first-order chi connectivity index (χ1) is 12.2. The Morgan fingerprint density at radius 2 is 2.20 bits per heavy atom. The summed E-state index contributed by atoms with van der Waals surface area (Å²) >= 11 is 0. The Bertz CT molecular complexity index is 668. The van der Waals surface area contributed by atoms with Gasteiger partial charge in [-0.2, -0.15) is 0 Å². The monoisotopic (exact) mass is 375 g/mol. The van der Waals surface area contributed by atoms with Crippen LogP contribution < -0.4 is 5.32 Å². The lowest BCUT2D eigenvalue weighted by Gasteiger charge is -2.12. The first kappa shape index (κ1) is 18.4. The molecular weight excluding hydrogens is 350 g/mol. The van der Waals surface area contributed by atoms with Gasteiger partial charge in [0.15, 0.2) is 0 Å². The van der Waals surface area contributed by atoms with E-state index in [1.807, 2.05) is 65.0 Å². The summed E-state index contributed by atoms with van der Waals surface area (Å²) in [5.74, 6) is 2.19. The molecule has 0 spiro atoms. The first-order valence-electron chi connectivity index (χ1n) is 8.90. The Morgan fingerprint density at radius 1 is 1.36 bits per heavy atom. The number of nitrogens with one attached hydrogen (secondary N) is 2. The predicted octanol–water partition coefficient (Wildman–Crippen LogP) is 4.97. The summed E-state index contributed by atoms with van der Waals surface area (Å²) in [6, 6.07) is 9.98. The maximum absolute atomic E-state index is 12.1. The molecule has 2 unspecified atom stereocenters. The number of unbranched alkanes of at least 4 members (excludes halogenated alkanes) is 1. The highest BCUT2D eigenvalue weighted by Crippen LogP contribution is 2.39. The maximum atomic E-state index is 12.1. The molecule has 1 amide bonds. The van der Waals surface area contributed by atoms with Gasteiger partial charge in [0.2, 0.25) is 5.91 Å². The number of hydrogen-bond acceptors (Lipinski definition) is 4. The number of aromatic amines is 1. The van der Waals surface area contributed by atoms with E-state index in [1.165, 1.54) is 18.6 Å². The van der Waals surface area contributed by atoms with Crippen LogP contribution in [0.5, 0.6) is 0 Å². The number of amides is 1. The number of benzene rings is 1. The highest BCUT2D eigenvalue weighted by molar-refractivity contribution is 8.77. The van der Waals surface area contributed by atoms with Crippen molar-refractivity contribution in [2.24, 2.45) is 0 Å². The third kappa shape index (κ3) is 5.54. The number of nitrogens with zero attached hydrogens (tertiary/aromatic N) is 1. The summed E-state index contributed by atoms with van der Waals surface area (Å²) in [6.45, 7) is 1.97. The summed E-state index contributed by atoms with van der Waals surface area (Å²) in [5.41, 5.74) is 2.08. The Kier molecular flexibility index (Phi) is 6.87. The van der Waals surface area contributed by atoms with Crippen molar-refractivity contribution in [3.05, 3.63) is 42.4 Å². The average Bonchev–Trinajstić information content (AvgIpc) is 3.31.